The van der Waals surface area contributed by atoms with Gasteiger partial charge in [0.25, 0.3) is 0 Å². The predicted molar refractivity (Wildman–Crippen MR) is 58.5 cm³/mol. The molecule has 0 radical (unpaired) electrons. The van der Waals surface area contributed by atoms with Gasteiger partial charge in [-0.2, -0.15) is 0 Å². The van der Waals surface area contributed by atoms with Gasteiger partial charge in [-0.25, -0.2) is 4.57 Å². The van der Waals surface area contributed by atoms with Crippen LogP contribution in [0.15, 0.2) is 0 Å². The van der Waals surface area contributed by atoms with Crippen LogP contribution in [-0.4, -0.2) is 67.6 Å². The van der Waals surface area contributed by atoms with Crippen molar-refractivity contribution < 1.29 is 43.7 Å². The van der Waals surface area contributed by atoms with Crippen molar-refractivity contribution in [2.75, 3.05) is 6.61 Å². The molecule has 19 heavy (non-hydrogen) atoms. The molecule has 1 saturated heterocycles. The Hall–Kier alpha value is -0.420. The molecule has 1 unspecified atom stereocenters. The summed E-state index contributed by atoms with van der Waals surface area (Å²) in [6, 6.07) is -1.61. The maximum Gasteiger partial charge on any atom is 0.469 e. The number of nitrogens with two attached hydrogens (primary N) is 1. The molecule has 0 aromatic carbocycles. The lowest BCUT2D eigenvalue weighted by molar-refractivity contribution is -0.296. The van der Waals surface area contributed by atoms with Gasteiger partial charge in [0.15, 0.2) is 5.78 Å². The molecule has 0 aliphatic carbocycles. The van der Waals surface area contributed by atoms with E-state index in [1.165, 1.54) is 0 Å². The van der Waals surface area contributed by atoms with Gasteiger partial charge in [0.1, 0.15) is 18.3 Å². The van der Waals surface area contributed by atoms with Crippen LogP contribution in [-0.2, 0) is 18.6 Å². The first-order chi connectivity index (χ1) is 8.49. The van der Waals surface area contributed by atoms with E-state index in [4.69, 9.17) is 20.3 Å². The Morgan fingerprint density at radius 3 is 2.37 bits per heavy atom. The molecule has 1 rings (SSSR count). The van der Waals surface area contributed by atoms with E-state index >= 15 is 0 Å². The number of aliphatic hydroxyl groups excluding tert-OH is 2. The van der Waals surface area contributed by atoms with Crippen LogP contribution in [0.1, 0.15) is 6.92 Å². The highest BCUT2D eigenvalue weighted by Gasteiger charge is 2.54. The molecular weight excluding hydrogens is 285 g/mol. The third-order valence-corrected chi connectivity index (χ3v) is 3.28. The third kappa shape index (κ3) is 3.57. The van der Waals surface area contributed by atoms with Gasteiger partial charge in [0.05, 0.1) is 12.6 Å². The van der Waals surface area contributed by atoms with Crippen molar-refractivity contribution in [3.8, 4) is 0 Å². The van der Waals surface area contributed by atoms with E-state index in [9.17, 15) is 24.7 Å². The number of carbonyl (C=O) groups is 1. The van der Waals surface area contributed by atoms with Crippen LogP contribution in [0.3, 0.4) is 0 Å². The molecule has 112 valence electrons. The van der Waals surface area contributed by atoms with Crippen LogP contribution < -0.4 is 5.73 Å². The molecular formula is C8H16NO9P. The molecule has 0 bridgehead atoms. The van der Waals surface area contributed by atoms with Gasteiger partial charge in [-0.05, 0) is 0 Å². The number of aliphatic hydroxyl groups is 3. The monoisotopic (exact) mass is 301 g/mol. The smallest absolute Gasteiger partial charge is 0.388 e. The number of hydrogen-bond donors (Lipinski definition) is 6. The minimum Gasteiger partial charge on any atom is -0.388 e. The topological polar surface area (TPSA) is 180 Å². The van der Waals surface area contributed by atoms with Gasteiger partial charge >= 0.3 is 7.82 Å². The van der Waals surface area contributed by atoms with Crippen molar-refractivity contribution in [1.29, 1.82) is 0 Å². The summed E-state index contributed by atoms with van der Waals surface area (Å²) in [5.74, 6) is -3.49. The van der Waals surface area contributed by atoms with E-state index in [-0.39, 0.29) is 0 Å². The molecule has 11 heteroatoms. The fourth-order valence-electron chi connectivity index (χ4n) is 1.66. The summed E-state index contributed by atoms with van der Waals surface area (Å²) < 4.78 is 19.5. The van der Waals surface area contributed by atoms with Gasteiger partial charge in [-0.3, -0.25) is 9.32 Å². The molecule has 0 aromatic heterocycles. The average molecular weight is 301 g/mol. The predicted octanol–water partition coefficient (Wildman–Crippen LogP) is -3.18. The highest BCUT2D eigenvalue weighted by molar-refractivity contribution is 7.46. The van der Waals surface area contributed by atoms with E-state index in [0.29, 0.717) is 0 Å². The van der Waals surface area contributed by atoms with E-state index in [1.54, 1.807) is 0 Å². The average Bonchev–Trinajstić information content (AvgIpc) is 2.28. The van der Waals surface area contributed by atoms with Crippen LogP contribution in [0.5, 0.6) is 0 Å². The molecule has 1 fully saturated rings. The lowest BCUT2D eigenvalue weighted by Crippen LogP contribution is -2.70. The molecule has 0 saturated carbocycles. The van der Waals surface area contributed by atoms with E-state index in [0.717, 1.165) is 6.92 Å². The highest BCUT2D eigenvalue weighted by Crippen LogP contribution is 2.37. The summed E-state index contributed by atoms with van der Waals surface area (Å²) in [4.78, 5) is 28.3. The standard InChI is InChI=1S/C8H16NO9P/c1-3(10)8(13)7(9)6(12)5(11)4(18-8)2-17-19(14,15)16/h4-7,11-13H,2,9H2,1H3,(H2,14,15,16)/t4-,5-,6+,7-,8?/m1/s1. The summed E-state index contributed by atoms with van der Waals surface area (Å²) in [6.45, 7) is 0.107. The van der Waals surface area contributed by atoms with Gasteiger partial charge in [0.2, 0.25) is 5.79 Å². The first kappa shape index (κ1) is 16.6. The SMILES string of the molecule is CC(=O)C1(O)O[C@H](COP(=O)(O)O)[C@@H](O)[C@H](O)[C@H]1N. The zero-order valence-electron chi connectivity index (χ0n) is 9.91. The molecule has 1 heterocycles. The summed E-state index contributed by atoms with van der Waals surface area (Å²) in [5, 5.41) is 29.1. The molecule has 10 nitrogen and oxygen atoms in total. The second-order valence-electron chi connectivity index (χ2n) is 4.20. The molecule has 5 atom stereocenters. The number of phosphoric ester groups is 1. The van der Waals surface area contributed by atoms with Crippen LogP contribution >= 0.6 is 7.82 Å². The Bertz CT molecular complexity index is 398. The number of phosphoric acid groups is 1. The molecule has 0 spiro atoms. The molecule has 1 aliphatic heterocycles. The van der Waals surface area contributed by atoms with Crippen molar-refractivity contribution in [2.24, 2.45) is 5.73 Å². The van der Waals surface area contributed by atoms with E-state index in [2.05, 4.69) is 4.52 Å². The van der Waals surface area contributed by atoms with Crippen molar-refractivity contribution in [1.82, 2.24) is 0 Å². The van der Waals surface area contributed by atoms with Crippen LogP contribution in [0.4, 0.5) is 0 Å². The summed E-state index contributed by atoms with van der Waals surface area (Å²) in [7, 11) is -4.83. The zero-order valence-corrected chi connectivity index (χ0v) is 10.8. The second kappa shape index (κ2) is 5.52. The first-order valence-corrected chi connectivity index (χ1v) is 6.75. The summed E-state index contributed by atoms with van der Waals surface area (Å²) in [6.07, 6.45) is -4.94. The van der Waals surface area contributed by atoms with Crippen LogP contribution in [0, 0.1) is 0 Å². The molecule has 0 aromatic rings. The number of ether oxygens (including phenoxy) is 1. The molecule has 0 amide bonds. The number of rotatable bonds is 4. The van der Waals surface area contributed by atoms with Crippen molar-refractivity contribution in [3.63, 3.8) is 0 Å². The summed E-state index contributed by atoms with van der Waals surface area (Å²) in [5.41, 5.74) is 5.39. The summed E-state index contributed by atoms with van der Waals surface area (Å²) >= 11 is 0. The minimum absolute atomic E-state index is 0.842. The maximum absolute atomic E-state index is 11.3. The fourth-order valence-corrected chi connectivity index (χ4v) is 2.00. The maximum atomic E-state index is 11.3. The van der Waals surface area contributed by atoms with Gasteiger partial charge in [0, 0.05) is 6.92 Å². The van der Waals surface area contributed by atoms with Crippen molar-refractivity contribution in [3.05, 3.63) is 0 Å². The number of Topliss-reactive ketones (excluding diaryl/α,β-unsaturated/α-hetero) is 1. The third-order valence-electron chi connectivity index (χ3n) is 2.79. The second-order valence-corrected chi connectivity index (χ2v) is 5.44. The first-order valence-electron chi connectivity index (χ1n) is 5.22. The number of hydrogen-bond acceptors (Lipinski definition) is 8. The quantitative estimate of drug-likeness (QED) is 0.290. The lowest BCUT2D eigenvalue weighted by atomic mass is 9.89. The largest absolute Gasteiger partial charge is 0.469 e. The van der Waals surface area contributed by atoms with Crippen LogP contribution in [0.25, 0.3) is 0 Å². The Labute approximate surface area is 108 Å². The number of carbonyl (C=O) groups excluding carboxylic acids is 1. The van der Waals surface area contributed by atoms with Crippen molar-refractivity contribution >= 4 is 13.6 Å². The molecule has 1 aliphatic rings. The van der Waals surface area contributed by atoms with Crippen molar-refractivity contribution in [2.45, 2.75) is 37.1 Å². The Balaban J connectivity index is 2.88. The lowest BCUT2D eigenvalue weighted by Gasteiger charge is -2.44. The molecule has 7 N–H and O–H groups in total. The van der Waals surface area contributed by atoms with Gasteiger partial charge in [-0.15, -0.1) is 0 Å². The Morgan fingerprint density at radius 1 is 1.42 bits per heavy atom. The van der Waals surface area contributed by atoms with E-state index < -0.39 is 50.4 Å². The zero-order chi connectivity index (χ0) is 15.0. The normalized spacial score (nSPS) is 40.2. The number of ketones is 1. The highest BCUT2D eigenvalue weighted by atomic mass is 31.2. The minimum atomic E-state index is -4.83. The van der Waals surface area contributed by atoms with E-state index in [1.807, 2.05) is 0 Å². The Morgan fingerprint density at radius 2 is 1.95 bits per heavy atom. The Kier molecular flexibility index (Phi) is 4.84. The van der Waals surface area contributed by atoms with Gasteiger partial charge in [-0.1, -0.05) is 0 Å². The fraction of sp³-hybridized carbons (Fsp3) is 0.875. The van der Waals surface area contributed by atoms with Gasteiger partial charge < -0.3 is 35.6 Å². The van der Waals surface area contributed by atoms with Crippen LogP contribution in [0.2, 0.25) is 0 Å².